The van der Waals surface area contributed by atoms with Crippen LogP contribution in [0.1, 0.15) is 18.1 Å². The van der Waals surface area contributed by atoms with Gasteiger partial charge < -0.3 is 9.84 Å². The predicted octanol–water partition coefficient (Wildman–Crippen LogP) is -2.03. The number of ether oxygens (including phenoxy) is 1. The fourth-order valence-electron chi connectivity index (χ4n) is 1.34. The molecule has 0 saturated heterocycles. The van der Waals surface area contributed by atoms with E-state index in [-0.39, 0.29) is 31.0 Å². The Kier molecular flexibility index (Phi) is 7.13. The smallest absolute Gasteiger partial charge is 0.872 e. The van der Waals surface area contributed by atoms with Crippen LogP contribution in [-0.2, 0) is 14.3 Å². The Balaban J connectivity index is 0.00000324. The van der Waals surface area contributed by atoms with Crippen molar-refractivity contribution in [3.05, 3.63) is 41.2 Å². The van der Waals surface area contributed by atoms with Crippen LogP contribution in [0.3, 0.4) is 0 Å². The van der Waals surface area contributed by atoms with Crippen LogP contribution in [0, 0.1) is 12.7 Å². The maximum Gasteiger partial charge on any atom is 1.00 e. The Bertz CT molecular complexity index is 491. The van der Waals surface area contributed by atoms with Crippen LogP contribution in [0.2, 0.25) is 0 Å². The zero-order chi connectivity index (χ0) is 13.7. The van der Waals surface area contributed by atoms with Crippen molar-refractivity contribution in [3.63, 3.8) is 0 Å². The van der Waals surface area contributed by atoms with Crippen LogP contribution >= 0.6 is 0 Å². The van der Waals surface area contributed by atoms with Gasteiger partial charge in [-0.15, -0.1) is 0 Å². The first-order chi connectivity index (χ1) is 8.43. The molecule has 1 aromatic carbocycles. The average Bonchev–Trinajstić information content (AvgIpc) is 2.27. The predicted molar refractivity (Wildman–Crippen MR) is 60.8 cm³/mol. The van der Waals surface area contributed by atoms with Gasteiger partial charge in [-0.1, -0.05) is 11.8 Å². The zero-order valence-electron chi connectivity index (χ0n) is 11.0. The van der Waals surface area contributed by atoms with E-state index >= 15 is 0 Å². The molecule has 0 unspecified atom stereocenters. The molecule has 0 bridgehead atoms. The maximum atomic E-state index is 13.1. The number of hydrogen-bond donors (Lipinski definition) is 0. The molecule has 0 spiro atoms. The fraction of sp³-hybridized carbons (Fsp3) is 0.231. The van der Waals surface area contributed by atoms with E-state index in [0.717, 1.165) is 6.07 Å². The summed E-state index contributed by atoms with van der Waals surface area (Å²) in [6.07, 6.45) is 0.603. The third-order valence-electron chi connectivity index (χ3n) is 2.07. The van der Waals surface area contributed by atoms with Crippen LogP contribution in [-0.4, -0.2) is 18.4 Å². The summed E-state index contributed by atoms with van der Waals surface area (Å²) in [5, 5.41) is 11.6. The topological polar surface area (TPSA) is 66.4 Å². The number of aryl methyl sites for hydroxylation is 1. The molecular formula is C13H12FLiO4. The Morgan fingerprint density at radius 2 is 2.00 bits per heavy atom. The summed E-state index contributed by atoms with van der Waals surface area (Å²) in [5.41, 5.74) is 0.570. The first-order valence-corrected chi connectivity index (χ1v) is 5.31. The van der Waals surface area contributed by atoms with E-state index in [9.17, 15) is 19.1 Å². The van der Waals surface area contributed by atoms with E-state index in [1.807, 2.05) is 0 Å². The SMILES string of the molecule is CCOC(=O)C(=O)/C=C(\[O-])c1cc(C)cc(F)c1.[Li+]. The summed E-state index contributed by atoms with van der Waals surface area (Å²) in [6.45, 7) is 3.21. The van der Waals surface area contributed by atoms with Gasteiger partial charge in [0, 0.05) is 0 Å². The van der Waals surface area contributed by atoms with Gasteiger partial charge in [-0.05, 0) is 43.2 Å². The fourth-order valence-corrected chi connectivity index (χ4v) is 1.34. The van der Waals surface area contributed by atoms with Crippen molar-refractivity contribution in [2.75, 3.05) is 6.61 Å². The van der Waals surface area contributed by atoms with Crippen molar-refractivity contribution in [1.82, 2.24) is 0 Å². The summed E-state index contributed by atoms with van der Waals surface area (Å²) in [5.74, 6) is -3.45. The Morgan fingerprint density at radius 1 is 1.37 bits per heavy atom. The van der Waals surface area contributed by atoms with Crippen LogP contribution in [0.4, 0.5) is 4.39 Å². The molecule has 19 heavy (non-hydrogen) atoms. The molecule has 0 aliphatic rings. The maximum absolute atomic E-state index is 13.1. The number of ketones is 1. The van der Waals surface area contributed by atoms with Gasteiger partial charge in [-0.3, -0.25) is 4.79 Å². The number of rotatable bonds is 4. The molecule has 0 fully saturated rings. The van der Waals surface area contributed by atoms with Crippen molar-refractivity contribution in [2.24, 2.45) is 0 Å². The standard InChI is InChI=1S/C13H13FO4.Li/c1-3-18-13(17)12(16)7-11(15)9-4-8(2)5-10(14)6-9;/h4-7,15H,3H2,1-2H3;/q;+1/p-1/b11-7-;. The Morgan fingerprint density at radius 3 is 2.53 bits per heavy atom. The minimum Gasteiger partial charge on any atom is -0.872 e. The van der Waals surface area contributed by atoms with Gasteiger partial charge in [0.05, 0.1) is 6.61 Å². The molecular weight excluding hydrogens is 246 g/mol. The number of esters is 1. The van der Waals surface area contributed by atoms with Crippen molar-refractivity contribution in [2.45, 2.75) is 13.8 Å². The molecule has 0 aliphatic carbocycles. The molecule has 1 aromatic rings. The van der Waals surface area contributed by atoms with Gasteiger partial charge in [0.15, 0.2) is 0 Å². The number of halogens is 1. The van der Waals surface area contributed by atoms with Crippen molar-refractivity contribution in [1.29, 1.82) is 0 Å². The molecule has 0 heterocycles. The molecule has 96 valence electrons. The van der Waals surface area contributed by atoms with E-state index in [1.54, 1.807) is 13.8 Å². The van der Waals surface area contributed by atoms with E-state index in [2.05, 4.69) is 4.74 Å². The summed E-state index contributed by atoms with van der Waals surface area (Å²) in [4.78, 5) is 22.3. The van der Waals surface area contributed by atoms with Gasteiger partial charge in [0.1, 0.15) is 5.82 Å². The van der Waals surface area contributed by atoms with Crippen molar-refractivity contribution < 1.29 is 42.7 Å². The third kappa shape index (κ3) is 5.29. The first-order valence-electron chi connectivity index (χ1n) is 5.31. The molecule has 0 atom stereocenters. The molecule has 0 radical (unpaired) electrons. The quantitative estimate of drug-likeness (QED) is 0.205. The van der Waals surface area contributed by atoms with Gasteiger partial charge >= 0.3 is 24.8 Å². The summed E-state index contributed by atoms with van der Waals surface area (Å²) in [7, 11) is 0. The average molecular weight is 258 g/mol. The molecule has 0 saturated carbocycles. The molecule has 0 amide bonds. The number of carbonyl (C=O) groups excluding carboxylic acids is 2. The molecule has 4 nitrogen and oxygen atoms in total. The number of hydrogen-bond acceptors (Lipinski definition) is 4. The largest absolute Gasteiger partial charge is 1.00 e. The van der Waals surface area contributed by atoms with Crippen molar-refractivity contribution >= 4 is 17.5 Å². The Labute approximate surface area is 122 Å². The van der Waals surface area contributed by atoms with Crippen molar-refractivity contribution in [3.8, 4) is 0 Å². The third-order valence-corrected chi connectivity index (χ3v) is 2.07. The monoisotopic (exact) mass is 258 g/mol. The van der Waals surface area contributed by atoms with E-state index in [4.69, 9.17) is 0 Å². The minimum absolute atomic E-state index is 0. The second-order valence-electron chi connectivity index (χ2n) is 3.61. The number of benzene rings is 1. The van der Waals surface area contributed by atoms with Gasteiger partial charge in [-0.2, -0.15) is 0 Å². The van der Waals surface area contributed by atoms with E-state index in [1.165, 1.54) is 12.1 Å². The van der Waals surface area contributed by atoms with E-state index in [0.29, 0.717) is 11.6 Å². The molecule has 1 rings (SSSR count). The molecule has 0 N–H and O–H groups in total. The van der Waals surface area contributed by atoms with Gasteiger partial charge in [-0.25, -0.2) is 9.18 Å². The number of carbonyl (C=O) groups is 2. The minimum atomic E-state index is -1.10. The van der Waals surface area contributed by atoms with Crippen LogP contribution in [0.15, 0.2) is 24.3 Å². The van der Waals surface area contributed by atoms with Gasteiger partial charge in [0.2, 0.25) is 0 Å². The summed E-state index contributed by atoms with van der Waals surface area (Å²) >= 11 is 0. The molecule has 0 aliphatic heterocycles. The second-order valence-corrected chi connectivity index (χ2v) is 3.61. The van der Waals surface area contributed by atoms with Crippen LogP contribution in [0.5, 0.6) is 0 Å². The normalized spacial score (nSPS) is 10.6. The Hall–Kier alpha value is -1.57. The molecule has 6 heteroatoms. The molecule has 0 aromatic heterocycles. The zero-order valence-corrected chi connectivity index (χ0v) is 11.0. The van der Waals surface area contributed by atoms with Gasteiger partial charge in [0.25, 0.3) is 5.78 Å². The summed E-state index contributed by atoms with van der Waals surface area (Å²) < 4.78 is 17.5. The van der Waals surface area contributed by atoms with Crippen LogP contribution in [0.25, 0.3) is 5.76 Å². The first kappa shape index (κ1) is 17.4. The van der Waals surface area contributed by atoms with Crippen LogP contribution < -0.4 is 24.0 Å². The summed E-state index contributed by atoms with van der Waals surface area (Å²) in [6, 6.07) is 3.69. The van der Waals surface area contributed by atoms with E-state index < -0.39 is 23.3 Å². The second kappa shape index (κ2) is 7.77.